The Hall–Kier alpha value is -1.06. The average molecular weight is 304 g/mol. The fraction of sp³-hybridized carbons (Fsp3) is 0.684. The molecule has 3 heteroatoms. The van der Waals surface area contributed by atoms with E-state index in [0.717, 1.165) is 32.5 Å². The van der Waals surface area contributed by atoms with Crippen molar-refractivity contribution in [3.8, 4) is 5.75 Å². The second-order valence-corrected chi connectivity index (χ2v) is 7.43. The van der Waals surface area contributed by atoms with Crippen LogP contribution in [0.3, 0.4) is 0 Å². The lowest BCUT2D eigenvalue weighted by Gasteiger charge is -2.46. The molecule has 0 amide bonds. The minimum absolute atomic E-state index is 0.135. The number of likely N-dealkylation sites (tertiary alicyclic amines) is 1. The lowest BCUT2D eigenvalue weighted by molar-refractivity contribution is 0.0998. The van der Waals surface area contributed by atoms with Gasteiger partial charge in [-0.25, -0.2) is 0 Å². The molecule has 0 unspecified atom stereocenters. The molecular formula is C19H32N2O. The third kappa shape index (κ3) is 3.64. The van der Waals surface area contributed by atoms with Crippen LogP contribution in [-0.2, 0) is 5.41 Å². The SMILES string of the molecule is CC[C@H](C)[C@@H](N)CN1CC[C@@](C)(c2cccc(O)c2)[C@@H](C)C1. The van der Waals surface area contributed by atoms with E-state index in [-0.39, 0.29) is 11.5 Å². The molecule has 1 aromatic rings. The summed E-state index contributed by atoms with van der Waals surface area (Å²) in [6, 6.07) is 8.04. The molecule has 0 aromatic heterocycles. The Morgan fingerprint density at radius 3 is 2.77 bits per heavy atom. The normalized spacial score (nSPS) is 29.2. The van der Waals surface area contributed by atoms with E-state index in [0.29, 0.717) is 17.6 Å². The molecule has 0 radical (unpaired) electrons. The molecule has 0 saturated carbocycles. The number of phenolic OH excluding ortho intramolecular Hbond substituents is 1. The van der Waals surface area contributed by atoms with Crippen molar-refractivity contribution in [2.75, 3.05) is 19.6 Å². The minimum atomic E-state index is 0.135. The van der Waals surface area contributed by atoms with E-state index in [4.69, 9.17) is 5.73 Å². The molecule has 4 atom stereocenters. The summed E-state index contributed by atoms with van der Waals surface area (Å²) in [7, 11) is 0. The second-order valence-electron chi connectivity index (χ2n) is 7.43. The van der Waals surface area contributed by atoms with Crippen LogP contribution in [0, 0.1) is 11.8 Å². The first-order chi connectivity index (χ1) is 10.4. The zero-order valence-electron chi connectivity index (χ0n) is 14.5. The van der Waals surface area contributed by atoms with Crippen molar-refractivity contribution in [1.82, 2.24) is 4.90 Å². The van der Waals surface area contributed by atoms with Crippen LogP contribution in [0.1, 0.15) is 46.1 Å². The summed E-state index contributed by atoms with van der Waals surface area (Å²) in [6.45, 7) is 12.3. The number of hydrogen-bond acceptors (Lipinski definition) is 3. The summed E-state index contributed by atoms with van der Waals surface area (Å²) >= 11 is 0. The number of nitrogens with zero attached hydrogens (tertiary/aromatic N) is 1. The zero-order valence-corrected chi connectivity index (χ0v) is 14.5. The predicted octanol–water partition coefficient (Wildman–Crippen LogP) is 3.37. The molecule has 3 N–H and O–H groups in total. The molecule has 22 heavy (non-hydrogen) atoms. The maximum atomic E-state index is 9.78. The van der Waals surface area contributed by atoms with Crippen molar-refractivity contribution < 1.29 is 5.11 Å². The summed E-state index contributed by atoms with van der Waals surface area (Å²) in [5, 5.41) is 9.78. The van der Waals surface area contributed by atoms with E-state index in [1.165, 1.54) is 5.56 Å². The fourth-order valence-electron chi connectivity index (χ4n) is 3.55. The first kappa shape index (κ1) is 17.3. The highest BCUT2D eigenvalue weighted by Gasteiger charge is 2.38. The third-order valence-corrected chi connectivity index (χ3v) is 5.92. The average Bonchev–Trinajstić information content (AvgIpc) is 2.50. The predicted molar refractivity (Wildman–Crippen MR) is 93.1 cm³/mol. The van der Waals surface area contributed by atoms with Crippen molar-refractivity contribution in [3.05, 3.63) is 29.8 Å². The van der Waals surface area contributed by atoms with Gasteiger partial charge in [0.2, 0.25) is 0 Å². The van der Waals surface area contributed by atoms with Crippen LogP contribution in [0.5, 0.6) is 5.75 Å². The van der Waals surface area contributed by atoms with Gasteiger partial charge in [0.1, 0.15) is 5.75 Å². The van der Waals surface area contributed by atoms with Crippen molar-refractivity contribution in [3.63, 3.8) is 0 Å². The van der Waals surface area contributed by atoms with Gasteiger partial charge in [0, 0.05) is 19.1 Å². The topological polar surface area (TPSA) is 49.5 Å². The van der Waals surface area contributed by atoms with Crippen LogP contribution in [0.2, 0.25) is 0 Å². The van der Waals surface area contributed by atoms with Gasteiger partial charge in [-0.1, -0.05) is 46.2 Å². The number of rotatable bonds is 5. The lowest BCUT2D eigenvalue weighted by Crippen LogP contribution is -2.51. The lowest BCUT2D eigenvalue weighted by atomic mass is 9.68. The van der Waals surface area contributed by atoms with Gasteiger partial charge < -0.3 is 15.7 Å². The van der Waals surface area contributed by atoms with Gasteiger partial charge in [0.15, 0.2) is 0 Å². The monoisotopic (exact) mass is 304 g/mol. The molecule has 2 rings (SSSR count). The van der Waals surface area contributed by atoms with Gasteiger partial charge in [-0.2, -0.15) is 0 Å². The number of nitrogens with two attached hydrogens (primary N) is 1. The smallest absolute Gasteiger partial charge is 0.115 e. The van der Waals surface area contributed by atoms with Gasteiger partial charge in [-0.15, -0.1) is 0 Å². The van der Waals surface area contributed by atoms with Crippen LogP contribution in [-0.4, -0.2) is 35.7 Å². The number of hydrogen-bond donors (Lipinski definition) is 2. The molecule has 0 spiro atoms. The van der Waals surface area contributed by atoms with Gasteiger partial charge in [0.25, 0.3) is 0 Å². The largest absolute Gasteiger partial charge is 0.508 e. The molecule has 1 aliphatic heterocycles. The van der Waals surface area contributed by atoms with E-state index < -0.39 is 0 Å². The number of benzene rings is 1. The maximum Gasteiger partial charge on any atom is 0.115 e. The quantitative estimate of drug-likeness (QED) is 0.877. The molecule has 0 aliphatic carbocycles. The van der Waals surface area contributed by atoms with Crippen LogP contribution in [0.4, 0.5) is 0 Å². The molecule has 1 aliphatic rings. The highest BCUT2D eigenvalue weighted by molar-refractivity contribution is 5.33. The summed E-state index contributed by atoms with van der Waals surface area (Å²) < 4.78 is 0. The summed E-state index contributed by atoms with van der Waals surface area (Å²) in [4.78, 5) is 2.52. The van der Waals surface area contributed by atoms with E-state index in [1.807, 2.05) is 12.1 Å². The second kappa shape index (κ2) is 7.01. The number of phenols is 1. The van der Waals surface area contributed by atoms with E-state index in [9.17, 15) is 5.11 Å². The highest BCUT2D eigenvalue weighted by atomic mass is 16.3. The van der Waals surface area contributed by atoms with Crippen molar-refractivity contribution in [1.29, 1.82) is 0 Å². The van der Waals surface area contributed by atoms with Crippen molar-refractivity contribution in [2.24, 2.45) is 17.6 Å². The minimum Gasteiger partial charge on any atom is -0.508 e. The summed E-state index contributed by atoms with van der Waals surface area (Å²) in [5.74, 6) is 1.49. The van der Waals surface area contributed by atoms with Crippen molar-refractivity contribution >= 4 is 0 Å². The Morgan fingerprint density at radius 2 is 2.18 bits per heavy atom. The maximum absolute atomic E-state index is 9.78. The first-order valence-electron chi connectivity index (χ1n) is 8.64. The Labute approximate surface area is 135 Å². The van der Waals surface area contributed by atoms with Crippen LogP contribution >= 0.6 is 0 Å². The molecule has 1 saturated heterocycles. The van der Waals surface area contributed by atoms with Crippen molar-refractivity contribution in [2.45, 2.75) is 52.0 Å². The summed E-state index contributed by atoms with van der Waals surface area (Å²) in [5.41, 5.74) is 7.72. The molecular weight excluding hydrogens is 272 g/mol. The van der Waals surface area contributed by atoms with Crippen LogP contribution in [0.15, 0.2) is 24.3 Å². The Bertz CT molecular complexity index is 490. The van der Waals surface area contributed by atoms with Gasteiger partial charge in [-0.3, -0.25) is 0 Å². The Balaban J connectivity index is 2.03. The Morgan fingerprint density at radius 1 is 1.45 bits per heavy atom. The Kier molecular flexibility index (Phi) is 5.51. The molecule has 1 heterocycles. The molecule has 3 nitrogen and oxygen atoms in total. The number of piperidine rings is 1. The van der Waals surface area contributed by atoms with Gasteiger partial charge in [0.05, 0.1) is 0 Å². The van der Waals surface area contributed by atoms with E-state index in [1.54, 1.807) is 6.07 Å². The third-order valence-electron chi connectivity index (χ3n) is 5.92. The number of aromatic hydroxyl groups is 1. The molecule has 124 valence electrons. The van der Waals surface area contributed by atoms with E-state index in [2.05, 4.69) is 38.7 Å². The highest BCUT2D eigenvalue weighted by Crippen LogP contribution is 2.40. The van der Waals surface area contributed by atoms with Gasteiger partial charge >= 0.3 is 0 Å². The zero-order chi connectivity index (χ0) is 16.3. The fourth-order valence-corrected chi connectivity index (χ4v) is 3.55. The van der Waals surface area contributed by atoms with Crippen LogP contribution in [0.25, 0.3) is 0 Å². The molecule has 1 aromatic carbocycles. The van der Waals surface area contributed by atoms with Gasteiger partial charge in [-0.05, 0) is 47.9 Å². The molecule has 1 fully saturated rings. The standard InChI is InChI=1S/C19H32N2O/c1-5-14(2)18(20)13-21-10-9-19(4,15(3)12-21)16-7-6-8-17(22)11-16/h6-8,11,14-15,18,22H,5,9-10,12-13,20H2,1-4H3/t14-,15-,18-,19+/m0/s1. The summed E-state index contributed by atoms with van der Waals surface area (Å²) in [6.07, 6.45) is 2.26. The van der Waals surface area contributed by atoms with Crippen LogP contribution < -0.4 is 5.73 Å². The van der Waals surface area contributed by atoms with E-state index >= 15 is 0 Å². The molecule has 0 bridgehead atoms. The first-order valence-corrected chi connectivity index (χ1v) is 8.64.